The molecule has 1 aromatic rings. The molecule has 1 aromatic carbocycles. The molecule has 0 radical (unpaired) electrons. The number of hydrogen-bond acceptors (Lipinski definition) is 1. The van der Waals surface area contributed by atoms with Crippen LogP contribution in [0.25, 0.3) is 0 Å². The largest absolute Gasteiger partial charge is 0.312 e. The van der Waals surface area contributed by atoms with E-state index >= 15 is 0 Å². The number of anilines is 1. The van der Waals surface area contributed by atoms with Crippen LogP contribution in [0.3, 0.4) is 0 Å². The molecule has 86 valence electrons. The molecule has 0 aromatic heterocycles. The van der Waals surface area contributed by atoms with Crippen molar-refractivity contribution in [1.29, 1.82) is 0 Å². The van der Waals surface area contributed by atoms with Crippen LogP contribution in [0.1, 0.15) is 24.8 Å². The first-order chi connectivity index (χ1) is 7.83. The molecular formula is C13H16BrNO. The van der Waals surface area contributed by atoms with E-state index in [0.29, 0.717) is 6.42 Å². The van der Waals surface area contributed by atoms with Gasteiger partial charge in [-0.1, -0.05) is 34.1 Å². The number of hydrogen-bond donors (Lipinski definition) is 0. The molecule has 0 atom stereocenters. The highest BCUT2D eigenvalue weighted by Crippen LogP contribution is 2.27. The number of nitrogens with zero attached hydrogens (tertiary/aromatic N) is 1. The molecule has 1 aliphatic heterocycles. The van der Waals surface area contributed by atoms with Gasteiger partial charge in [0.15, 0.2) is 0 Å². The Morgan fingerprint density at radius 3 is 3.00 bits per heavy atom. The Labute approximate surface area is 105 Å². The number of para-hydroxylation sites is 1. The molecule has 1 heterocycles. The van der Waals surface area contributed by atoms with Gasteiger partial charge in [-0.25, -0.2) is 0 Å². The van der Waals surface area contributed by atoms with Crippen molar-refractivity contribution < 1.29 is 4.79 Å². The van der Waals surface area contributed by atoms with Gasteiger partial charge in [-0.3, -0.25) is 4.79 Å². The van der Waals surface area contributed by atoms with E-state index in [1.165, 1.54) is 5.56 Å². The average Bonchev–Trinajstić information content (AvgIpc) is 2.35. The summed E-state index contributed by atoms with van der Waals surface area (Å²) in [5.74, 6) is 0.256. The van der Waals surface area contributed by atoms with E-state index in [2.05, 4.69) is 28.1 Å². The van der Waals surface area contributed by atoms with Gasteiger partial charge in [0.2, 0.25) is 5.91 Å². The van der Waals surface area contributed by atoms with Gasteiger partial charge in [0.1, 0.15) is 0 Å². The third-order valence-electron chi connectivity index (χ3n) is 2.94. The van der Waals surface area contributed by atoms with Gasteiger partial charge in [0.05, 0.1) is 0 Å². The van der Waals surface area contributed by atoms with Gasteiger partial charge in [-0.2, -0.15) is 0 Å². The number of carbonyl (C=O) groups excluding carboxylic acids is 1. The van der Waals surface area contributed by atoms with Crippen LogP contribution in [0.4, 0.5) is 5.69 Å². The van der Waals surface area contributed by atoms with Gasteiger partial charge < -0.3 is 4.90 Å². The number of halogens is 1. The second kappa shape index (κ2) is 5.48. The van der Waals surface area contributed by atoms with Crippen molar-refractivity contribution in [1.82, 2.24) is 0 Å². The molecule has 16 heavy (non-hydrogen) atoms. The van der Waals surface area contributed by atoms with Crippen molar-refractivity contribution in [2.75, 3.05) is 16.8 Å². The highest BCUT2D eigenvalue weighted by atomic mass is 79.9. The Morgan fingerprint density at radius 1 is 1.38 bits per heavy atom. The first-order valence-electron chi connectivity index (χ1n) is 5.77. The lowest BCUT2D eigenvalue weighted by molar-refractivity contribution is -0.118. The summed E-state index contributed by atoms with van der Waals surface area (Å²) < 4.78 is 0. The number of amides is 1. The van der Waals surface area contributed by atoms with Crippen molar-refractivity contribution in [3.63, 3.8) is 0 Å². The molecule has 0 fully saturated rings. The predicted octanol–water partition coefficient (Wildman–Crippen LogP) is 3.14. The molecule has 2 nitrogen and oxygen atoms in total. The molecule has 1 amide bonds. The zero-order chi connectivity index (χ0) is 11.4. The van der Waals surface area contributed by atoms with E-state index in [4.69, 9.17) is 0 Å². The molecule has 0 unspecified atom stereocenters. The molecule has 0 bridgehead atoms. The second-order valence-corrected chi connectivity index (χ2v) is 4.86. The Kier molecular flexibility index (Phi) is 3.99. The van der Waals surface area contributed by atoms with Crippen molar-refractivity contribution >= 4 is 27.5 Å². The van der Waals surface area contributed by atoms with E-state index in [0.717, 1.165) is 36.8 Å². The Balaban J connectivity index is 2.15. The van der Waals surface area contributed by atoms with Crippen LogP contribution in [-0.2, 0) is 11.2 Å². The lowest BCUT2D eigenvalue weighted by atomic mass is 10.0. The molecular weight excluding hydrogens is 266 g/mol. The standard InChI is InChI=1S/C13H16BrNO/c14-9-3-8-13(16)15-10-4-6-11-5-1-2-7-12(11)15/h1-2,5,7H,3-4,6,8-10H2. The minimum absolute atomic E-state index is 0.256. The minimum atomic E-state index is 0.256. The first kappa shape index (κ1) is 11.6. The molecule has 2 rings (SSSR count). The number of benzene rings is 1. The van der Waals surface area contributed by atoms with E-state index in [1.807, 2.05) is 17.0 Å². The van der Waals surface area contributed by atoms with Gasteiger partial charge >= 0.3 is 0 Å². The second-order valence-electron chi connectivity index (χ2n) is 4.07. The fourth-order valence-corrected chi connectivity index (χ4v) is 2.43. The maximum Gasteiger partial charge on any atom is 0.227 e. The Hall–Kier alpha value is -0.830. The highest BCUT2D eigenvalue weighted by molar-refractivity contribution is 9.09. The quantitative estimate of drug-likeness (QED) is 0.780. The van der Waals surface area contributed by atoms with E-state index in [1.54, 1.807) is 0 Å². The van der Waals surface area contributed by atoms with Crippen LogP contribution in [-0.4, -0.2) is 17.8 Å². The third kappa shape index (κ3) is 2.46. The summed E-state index contributed by atoms with van der Waals surface area (Å²) in [5, 5.41) is 0.897. The van der Waals surface area contributed by atoms with Crippen LogP contribution in [0.15, 0.2) is 24.3 Å². The minimum Gasteiger partial charge on any atom is -0.312 e. The molecule has 0 saturated carbocycles. The SMILES string of the molecule is O=C(CCCBr)N1CCCc2ccccc21. The number of alkyl halides is 1. The smallest absolute Gasteiger partial charge is 0.227 e. The van der Waals surface area contributed by atoms with Crippen LogP contribution in [0.2, 0.25) is 0 Å². The van der Waals surface area contributed by atoms with Crippen molar-refractivity contribution in [2.45, 2.75) is 25.7 Å². The topological polar surface area (TPSA) is 20.3 Å². The van der Waals surface area contributed by atoms with E-state index in [-0.39, 0.29) is 5.91 Å². The monoisotopic (exact) mass is 281 g/mol. The van der Waals surface area contributed by atoms with Gasteiger partial charge in [-0.15, -0.1) is 0 Å². The fourth-order valence-electron chi connectivity index (χ4n) is 2.15. The van der Waals surface area contributed by atoms with E-state index < -0.39 is 0 Å². The number of aryl methyl sites for hydroxylation is 1. The summed E-state index contributed by atoms with van der Waals surface area (Å²) in [7, 11) is 0. The van der Waals surface area contributed by atoms with Crippen LogP contribution in [0, 0.1) is 0 Å². The number of carbonyl (C=O) groups is 1. The highest BCUT2D eigenvalue weighted by Gasteiger charge is 2.21. The summed E-state index contributed by atoms with van der Waals surface area (Å²) in [6.07, 6.45) is 3.73. The lowest BCUT2D eigenvalue weighted by Gasteiger charge is -2.29. The molecule has 0 spiro atoms. The van der Waals surface area contributed by atoms with Gasteiger partial charge in [0.25, 0.3) is 0 Å². The molecule has 1 aliphatic rings. The van der Waals surface area contributed by atoms with Crippen molar-refractivity contribution in [3.8, 4) is 0 Å². The normalized spacial score (nSPS) is 14.7. The Bertz CT molecular complexity index is 378. The number of rotatable bonds is 3. The predicted molar refractivity (Wildman–Crippen MR) is 70.1 cm³/mol. The maximum absolute atomic E-state index is 12.0. The zero-order valence-electron chi connectivity index (χ0n) is 9.29. The fraction of sp³-hybridized carbons (Fsp3) is 0.462. The lowest BCUT2D eigenvalue weighted by Crippen LogP contribution is -2.35. The maximum atomic E-state index is 12.0. The Morgan fingerprint density at radius 2 is 2.19 bits per heavy atom. The summed E-state index contributed by atoms with van der Waals surface area (Å²) in [6.45, 7) is 0.873. The third-order valence-corrected chi connectivity index (χ3v) is 3.50. The van der Waals surface area contributed by atoms with Crippen LogP contribution < -0.4 is 4.90 Å². The van der Waals surface area contributed by atoms with Crippen LogP contribution in [0.5, 0.6) is 0 Å². The molecule has 0 N–H and O–H groups in total. The molecule has 3 heteroatoms. The van der Waals surface area contributed by atoms with Gasteiger partial charge in [0, 0.05) is 24.0 Å². The van der Waals surface area contributed by atoms with Crippen molar-refractivity contribution in [2.24, 2.45) is 0 Å². The summed E-state index contributed by atoms with van der Waals surface area (Å²) >= 11 is 3.36. The molecule has 0 aliphatic carbocycles. The summed E-state index contributed by atoms with van der Waals surface area (Å²) in [6, 6.07) is 8.24. The van der Waals surface area contributed by atoms with Crippen LogP contribution >= 0.6 is 15.9 Å². The zero-order valence-corrected chi connectivity index (χ0v) is 10.9. The van der Waals surface area contributed by atoms with E-state index in [9.17, 15) is 4.79 Å². The van der Waals surface area contributed by atoms with Gasteiger partial charge in [-0.05, 0) is 30.9 Å². The average molecular weight is 282 g/mol. The molecule has 0 saturated heterocycles. The van der Waals surface area contributed by atoms with Crippen molar-refractivity contribution in [3.05, 3.63) is 29.8 Å². The number of fused-ring (bicyclic) bond motifs is 1. The summed E-state index contributed by atoms with van der Waals surface area (Å²) in [5.41, 5.74) is 2.43. The first-order valence-corrected chi connectivity index (χ1v) is 6.89. The summed E-state index contributed by atoms with van der Waals surface area (Å²) in [4.78, 5) is 14.0.